The number of carbonyl (C=O) groups is 1. The van der Waals surface area contributed by atoms with E-state index < -0.39 is 5.60 Å². The minimum Gasteiger partial charge on any atom is -0.467 e. The lowest BCUT2D eigenvalue weighted by molar-refractivity contribution is 0.0240. The lowest BCUT2D eigenvalue weighted by Gasteiger charge is -2.36. The van der Waals surface area contributed by atoms with Crippen LogP contribution in [0.3, 0.4) is 0 Å². The lowest BCUT2D eigenvalue weighted by Crippen LogP contribution is -2.50. The van der Waals surface area contributed by atoms with Crippen LogP contribution in [-0.2, 0) is 4.74 Å². The van der Waals surface area contributed by atoms with Crippen molar-refractivity contribution < 1.29 is 19.0 Å². The van der Waals surface area contributed by atoms with E-state index in [1.54, 1.807) is 17.3 Å². The summed E-state index contributed by atoms with van der Waals surface area (Å²) in [6, 6.07) is 8.11. The molecule has 1 aromatic heterocycles. The summed E-state index contributed by atoms with van der Waals surface area (Å²) in [6.07, 6.45) is 2.88. The predicted molar refractivity (Wildman–Crippen MR) is 105 cm³/mol. The number of benzene rings is 1. The molecule has 1 aliphatic rings. The Labute approximate surface area is 165 Å². The van der Waals surface area contributed by atoms with Gasteiger partial charge in [-0.1, -0.05) is 0 Å². The number of hydrogen-bond acceptors (Lipinski definition) is 7. The maximum atomic E-state index is 12.2. The standard InChI is InChI=1S/C20H26N4O4/c1-20(2,3)28-19(25)24-11-9-23(10-12-24)15-5-7-16(8-6-15)27-17-13-21-18(26-4)22-14-17/h5-8,13-14H,9-12H2,1-4H3. The Morgan fingerprint density at radius 2 is 1.57 bits per heavy atom. The van der Waals surface area contributed by atoms with Gasteiger partial charge in [-0.15, -0.1) is 0 Å². The van der Waals surface area contributed by atoms with Crippen molar-refractivity contribution in [1.82, 2.24) is 14.9 Å². The Hall–Kier alpha value is -3.03. The van der Waals surface area contributed by atoms with Crippen molar-refractivity contribution in [2.24, 2.45) is 0 Å². The van der Waals surface area contributed by atoms with Crippen LogP contribution in [0.5, 0.6) is 17.5 Å². The van der Waals surface area contributed by atoms with Gasteiger partial charge in [-0.2, -0.15) is 9.97 Å². The van der Waals surface area contributed by atoms with Crippen molar-refractivity contribution in [1.29, 1.82) is 0 Å². The molecule has 0 radical (unpaired) electrons. The van der Waals surface area contributed by atoms with Crippen molar-refractivity contribution in [3.05, 3.63) is 36.7 Å². The second-order valence-electron chi connectivity index (χ2n) is 7.46. The van der Waals surface area contributed by atoms with Crippen LogP contribution in [0.1, 0.15) is 20.8 Å². The Kier molecular flexibility index (Phi) is 5.87. The van der Waals surface area contributed by atoms with E-state index in [1.807, 2.05) is 45.0 Å². The van der Waals surface area contributed by atoms with Gasteiger partial charge in [0.25, 0.3) is 0 Å². The number of carbonyl (C=O) groups excluding carboxylic acids is 1. The van der Waals surface area contributed by atoms with E-state index >= 15 is 0 Å². The van der Waals surface area contributed by atoms with Gasteiger partial charge in [0.15, 0.2) is 5.75 Å². The summed E-state index contributed by atoms with van der Waals surface area (Å²) in [4.78, 5) is 24.2. The topological polar surface area (TPSA) is 77.0 Å². The average molecular weight is 386 g/mol. The van der Waals surface area contributed by atoms with E-state index in [-0.39, 0.29) is 6.09 Å². The number of aromatic nitrogens is 2. The molecule has 1 aromatic carbocycles. The number of nitrogens with zero attached hydrogens (tertiary/aromatic N) is 4. The van der Waals surface area contributed by atoms with Crippen molar-refractivity contribution in [3.8, 4) is 17.5 Å². The average Bonchev–Trinajstić information content (AvgIpc) is 2.68. The first-order valence-electron chi connectivity index (χ1n) is 9.21. The van der Waals surface area contributed by atoms with Crippen LogP contribution in [0.4, 0.5) is 10.5 Å². The van der Waals surface area contributed by atoms with Gasteiger partial charge in [0.2, 0.25) is 0 Å². The third kappa shape index (κ3) is 5.25. The van der Waals surface area contributed by atoms with Gasteiger partial charge in [0, 0.05) is 31.9 Å². The predicted octanol–water partition coefficient (Wildman–Crippen LogP) is 3.33. The Morgan fingerprint density at radius 3 is 2.11 bits per heavy atom. The molecule has 2 heterocycles. The molecule has 8 heteroatoms. The fourth-order valence-electron chi connectivity index (χ4n) is 2.80. The van der Waals surface area contributed by atoms with Gasteiger partial charge in [0.05, 0.1) is 19.5 Å². The van der Waals surface area contributed by atoms with Gasteiger partial charge in [-0.3, -0.25) is 0 Å². The Bertz CT molecular complexity index is 779. The summed E-state index contributed by atoms with van der Waals surface area (Å²) >= 11 is 0. The molecule has 0 aliphatic carbocycles. The van der Waals surface area contributed by atoms with Crippen LogP contribution in [0, 0.1) is 0 Å². The zero-order valence-electron chi connectivity index (χ0n) is 16.7. The molecule has 0 bridgehead atoms. The van der Waals surface area contributed by atoms with Crippen LogP contribution < -0.4 is 14.4 Å². The van der Waals surface area contributed by atoms with Gasteiger partial charge >= 0.3 is 12.1 Å². The van der Waals surface area contributed by atoms with Crippen molar-refractivity contribution in [2.75, 3.05) is 38.2 Å². The van der Waals surface area contributed by atoms with Crippen LogP contribution in [0.25, 0.3) is 0 Å². The maximum absolute atomic E-state index is 12.2. The van der Waals surface area contributed by atoms with E-state index in [1.165, 1.54) is 7.11 Å². The molecule has 1 amide bonds. The maximum Gasteiger partial charge on any atom is 0.410 e. The van der Waals surface area contributed by atoms with Crippen LogP contribution >= 0.6 is 0 Å². The van der Waals surface area contributed by atoms with Gasteiger partial charge < -0.3 is 24.0 Å². The molecular weight excluding hydrogens is 360 g/mol. The zero-order valence-corrected chi connectivity index (χ0v) is 16.7. The Balaban J connectivity index is 1.53. The molecule has 1 aliphatic heterocycles. The molecule has 1 saturated heterocycles. The summed E-state index contributed by atoms with van der Waals surface area (Å²) in [6.45, 7) is 8.42. The van der Waals surface area contributed by atoms with Crippen molar-refractivity contribution >= 4 is 11.8 Å². The molecule has 8 nitrogen and oxygen atoms in total. The van der Waals surface area contributed by atoms with Gasteiger partial charge in [0.1, 0.15) is 11.4 Å². The molecule has 1 fully saturated rings. The second kappa shape index (κ2) is 8.33. The van der Waals surface area contributed by atoms with E-state index in [9.17, 15) is 4.79 Å². The highest BCUT2D eigenvalue weighted by molar-refractivity contribution is 5.68. The fourth-order valence-corrected chi connectivity index (χ4v) is 2.80. The Morgan fingerprint density at radius 1 is 0.964 bits per heavy atom. The molecule has 0 saturated carbocycles. The molecule has 0 unspecified atom stereocenters. The molecule has 0 spiro atoms. The number of piperazine rings is 1. The largest absolute Gasteiger partial charge is 0.467 e. The minimum atomic E-state index is -0.473. The smallest absolute Gasteiger partial charge is 0.410 e. The highest BCUT2D eigenvalue weighted by Crippen LogP contribution is 2.25. The van der Waals surface area contributed by atoms with Gasteiger partial charge in [-0.25, -0.2) is 4.79 Å². The first kappa shape index (κ1) is 19.7. The molecule has 28 heavy (non-hydrogen) atoms. The highest BCUT2D eigenvalue weighted by atomic mass is 16.6. The second-order valence-corrected chi connectivity index (χ2v) is 7.46. The van der Waals surface area contributed by atoms with E-state index in [4.69, 9.17) is 14.2 Å². The number of methoxy groups -OCH3 is 1. The molecular formula is C20H26N4O4. The zero-order chi connectivity index (χ0) is 20.1. The van der Waals surface area contributed by atoms with Gasteiger partial charge in [-0.05, 0) is 45.0 Å². The van der Waals surface area contributed by atoms with E-state index in [2.05, 4.69) is 14.9 Å². The van der Waals surface area contributed by atoms with E-state index in [0.717, 1.165) is 18.8 Å². The SMILES string of the molecule is COc1ncc(Oc2ccc(N3CCN(C(=O)OC(C)(C)C)CC3)cc2)cn1. The number of rotatable bonds is 4. The lowest BCUT2D eigenvalue weighted by atomic mass is 10.2. The third-order valence-corrected chi connectivity index (χ3v) is 4.16. The molecule has 2 aromatic rings. The number of ether oxygens (including phenoxy) is 3. The first-order chi connectivity index (χ1) is 13.3. The van der Waals surface area contributed by atoms with Crippen molar-refractivity contribution in [3.63, 3.8) is 0 Å². The monoisotopic (exact) mass is 386 g/mol. The van der Waals surface area contributed by atoms with Crippen LogP contribution in [-0.4, -0.2) is 59.9 Å². The summed E-state index contributed by atoms with van der Waals surface area (Å²) in [5, 5.41) is 0. The highest BCUT2D eigenvalue weighted by Gasteiger charge is 2.25. The number of hydrogen-bond donors (Lipinski definition) is 0. The summed E-state index contributed by atoms with van der Waals surface area (Å²) in [5.41, 5.74) is 0.612. The molecule has 3 rings (SSSR count). The number of anilines is 1. The first-order valence-corrected chi connectivity index (χ1v) is 9.21. The van der Waals surface area contributed by atoms with Crippen LogP contribution in [0.2, 0.25) is 0 Å². The summed E-state index contributed by atoms with van der Waals surface area (Å²) in [5.74, 6) is 1.24. The number of amides is 1. The minimum absolute atomic E-state index is 0.252. The van der Waals surface area contributed by atoms with Crippen molar-refractivity contribution in [2.45, 2.75) is 26.4 Å². The normalized spacial score (nSPS) is 14.6. The summed E-state index contributed by atoms with van der Waals surface area (Å²) < 4.78 is 16.1. The molecule has 0 N–H and O–H groups in total. The summed E-state index contributed by atoms with van der Waals surface area (Å²) in [7, 11) is 1.52. The van der Waals surface area contributed by atoms with E-state index in [0.29, 0.717) is 30.6 Å². The molecule has 150 valence electrons. The third-order valence-electron chi connectivity index (χ3n) is 4.16. The van der Waals surface area contributed by atoms with Crippen LogP contribution in [0.15, 0.2) is 36.7 Å². The molecule has 0 atom stereocenters. The fraction of sp³-hybridized carbons (Fsp3) is 0.450. The quantitative estimate of drug-likeness (QED) is 0.797.